The zero-order valence-corrected chi connectivity index (χ0v) is 16.2. The third kappa shape index (κ3) is 4.27. The number of amides is 1. The van der Waals surface area contributed by atoms with E-state index in [-0.39, 0.29) is 17.4 Å². The molecule has 0 saturated heterocycles. The van der Waals surface area contributed by atoms with Crippen LogP contribution in [0.3, 0.4) is 0 Å². The standard InChI is InChI=1S/C21H16F2N2O3S/c1-25(12-13-6-8-14(9-7-13)27-21(22)23)20(26)17-11-10-16(28-17)19-24-15-4-2-3-5-18(15)29-19/h2-11,21H,12H2,1H3. The highest BCUT2D eigenvalue weighted by Crippen LogP contribution is 2.31. The van der Waals surface area contributed by atoms with Crippen molar-refractivity contribution in [3.8, 4) is 16.5 Å². The third-order valence-electron chi connectivity index (χ3n) is 4.24. The molecule has 148 valence electrons. The molecule has 0 aliphatic heterocycles. The molecule has 0 unspecified atom stereocenters. The van der Waals surface area contributed by atoms with Crippen molar-refractivity contribution in [2.75, 3.05) is 7.05 Å². The zero-order chi connectivity index (χ0) is 20.4. The van der Waals surface area contributed by atoms with Crippen LogP contribution < -0.4 is 4.74 Å². The van der Waals surface area contributed by atoms with E-state index in [2.05, 4.69) is 9.72 Å². The fourth-order valence-corrected chi connectivity index (χ4v) is 3.78. The van der Waals surface area contributed by atoms with Crippen LogP contribution in [0.2, 0.25) is 0 Å². The first kappa shape index (κ1) is 19.1. The molecule has 0 saturated carbocycles. The molecule has 4 rings (SSSR count). The molecule has 0 aliphatic carbocycles. The molecule has 0 fully saturated rings. The molecule has 2 heterocycles. The Bertz CT molecular complexity index is 1110. The van der Waals surface area contributed by atoms with Crippen molar-refractivity contribution in [1.82, 2.24) is 9.88 Å². The van der Waals surface area contributed by atoms with Gasteiger partial charge in [0.2, 0.25) is 0 Å². The van der Waals surface area contributed by atoms with Crippen molar-refractivity contribution in [3.63, 3.8) is 0 Å². The van der Waals surface area contributed by atoms with Crippen molar-refractivity contribution in [1.29, 1.82) is 0 Å². The van der Waals surface area contributed by atoms with Gasteiger partial charge in [0.25, 0.3) is 5.91 Å². The number of alkyl halides is 2. The maximum Gasteiger partial charge on any atom is 0.387 e. The highest BCUT2D eigenvalue weighted by Gasteiger charge is 2.18. The summed E-state index contributed by atoms with van der Waals surface area (Å²) in [6.07, 6.45) is 0. The van der Waals surface area contributed by atoms with Gasteiger partial charge in [0.15, 0.2) is 16.5 Å². The Kier molecular flexibility index (Phi) is 5.26. The number of carbonyl (C=O) groups is 1. The van der Waals surface area contributed by atoms with Crippen LogP contribution in [0.5, 0.6) is 5.75 Å². The molecule has 0 atom stereocenters. The summed E-state index contributed by atoms with van der Waals surface area (Å²) >= 11 is 1.50. The van der Waals surface area contributed by atoms with Gasteiger partial charge in [-0.05, 0) is 42.0 Å². The van der Waals surface area contributed by atoms with E-state index in [0.29, 0.717) is 17.3 Å². The summed E-state index contributed by atoms with van der Waals surface area (Å²) in [4.78, 5) is 18.7. The number of carbonyl (C=O) groups excluding carboxylic acids is 1. The van der Waals surface area contributed by atoms with Crippen molar-refractivity contribution >= 4 is 27.5 Å². The van der Waals surface area contributed by atoms with Crippen LogP contribution in [0.4, 0.5) is 8.78 Å². The summed E-state index contributed by atoms with van der Waals surface area (Å²) in [7, 11) is 1.64. The molecule has 0 bridgehead atoms. The fourth-order valence-electron chi connectivity index (χ4n) is 2.86. The largest absolute Gasteiger partial charge is 0.448 e. The molecule has 0 N–H and O–H groups in total. The molecule has 0 radical (unpaired) electrons. The molecular weight excluding hydrogens is 398 g/mol. The first-order chi connectivity index (χ1) is 14.0. The summed E-state index contributed by atoms with van der Waals surface area (Å²) in [5.74, 6) is 0.533. The third-order valence-corrected chi connectivity index (χ3v) is 5.29. The summed E-state index contributed by atoms with van der Waals surface area (Å²) in [6, 6.07) is 17.3. The van der Waals surface area contributed by atoms with Gasteiger partial charge in [0, 0.05) is 13.6 Å². The SMILES string of the molecule is CN(Cc1ccc(OC(F)F)cc1)C(=O)c1ccc(-c2nc3ccccc3s2)o1. The minimum atomic E-state index is -2.87. The van der Waals surface area contributed by atoms with E-state index >= 15 is 0 Å². The summed E-state index contributed by atoms with van der Waals surface area (Å²) in [5.41, 5.74) is 1.66. The second-order valence-corrected chi connectivity index (χ2v) is 7.36. The Labute approximate surface area is 169 Å². The molecule has 8 heteroatoms. The highest BCUT2D eigenvalue weighted by molar-refractivity contribution is 7.21. The van der Waals surface area contributed by atoms with Crippen LogP contribution in [-0.2, 0) is 6.54 Å². The molecule has 1 amide bonds. The average molecular weight is 414 g/mol. The topological polar surface area (TPSA) is 55.6 Å². The van der Waals surface area contributed by atoms with Gasteiger partial charge in [-0.3, -0.25) is 4.79 Å². The lowest BCUT2D eigenvalue weighted by molar-refractivity contribution is -0.0498. The number of halogens is 2. The van der Waals surface area contributed by atoms with E-state index in [0.717, 1.165) is 15.8 Å². The summed E-state index contributed by atoms with van der Waals surface area (Å²) in [6.45, 7) is -2.57. The van der Waals surface area contributed by atoms with Crippen LogP contribution in [0.25, 0.3) is 21.0 Å². The molecular formula is C21H16F2N2O3S. The number of ether oxygens (including phenoxy) is 1. The van der Waals surface area contributed by atoms with Crippen molar-refractivity contribution in [3.05, 3.63) is 72.0 Å². The first-order valence-corrected chi connectivity index (χ1v) is 9.56. The summed E-state index contributed by atoms with van der Waals surface area (Å²) in [5, 5.41) is 0.711. The van der Waals surface area contributed by atoms with Gasteiger partial charge in [-0.15, -0.1) is 11.3 Å². The molecule has 29 heavy (non-hydrogen) atoms. The minimum absolute atomic E-state index is 0.0734. The van der Waals surface area contributed by atoms with E-state index in [1.165, 1.54) is 28.4 Å². The number of furan rings is 1. The lowest BCUT2D eigenvalue weighted by atomic mass is 10.2. The predicted octanol–water partition coefficient (Wildman–Crippen LogP) is 5.43. The Morgan fingerprint density at radius 2 is 1.90 bits per heavy atom. The van der Waals surface area contributed by atoms with E-state index in [4.69, 9.17) is 4.42 Å². The Morgan fingerprint density at radius 1 is 1.14 bits per heavy atom. The van der Waals surface area contributed by atoms with Gasteiger partial charge in [-0.1, -0.05) is 24.3 Å². The van der Waals surface area contributed by atoms with E-state index in [1.54, 1.807) is 31.3 Å². The van der Waals surface area contributed by atoms with Gasteiger partial charge in [-0.2, -0.15) is 8.78 Å². The molecule has 0 aliphatic rings. The number of hydrogen-bond donors (Lipinski definition) is 0. The zero-order valence-electron chi connectivity index (χ0n) is 15.3. The van der Waals surface area contributed by atoms with Gasteiger partial charge in [0.1, 0.15) is 5.75 Å². The Morgan fingerprint density at radius 3 is 2.62 bits per heavy atom. The van der Waals surface area contributed by atoms with Crippen LogP contribution in [0, 0.1) is 0 Å². The molecule has 4 aromatic rings. The minimum Gasteiger partial charge on any atom is -0.448 e. The number of hydrogen-bond acceptors (Lipinski definition) is 5. The molecule has 2 aromatic heterocycles. The van der Waals surface area contributed by atoms with Crippen molar-refractivity contribution in [2.24, 2.45) is 0 Å². The van der Waals surface area contributed by atoms with Crippen molar-refractivity contribution < 1.29 is 22.7 Å². The van der Waals surface area contributed by atoms with Gasteiger partial charge < -0.3 is 14.1 Å². The summed E-state index contributed by atoms with van der Waals surface area (Å²) < 4.78 is 35.5. The number of aromatic nitrogens is 1. The number of para-hydroxylation sites is 1. The number of benzene rings is 2. The molecule has 0 spiro atoms. The molecule has 2 aromatic carbocycles. The van der Waals surface area contributed by atoms with Crippen LogP contribution in [0.15, 0.2) is 65.1 Å². The normalized spacial score (nSPS) is 11.2. The number of thiazole rings is 1. The van der Waals surface area contributed by atoms with Crippen LogP contribution in [-0.4, -0.2) is 29.5 Å². The van der Waals surface area contributed by atoms with E-state index in [1.807, 2.05) is 24.3 Å². The van der Waals surface area contributed by atoms with Gasteiger partial charge in [-0.25, -0.2) is 4.98 Å². The van der Waals surface area contributed by atoms with Gasteiger partial charge in [0.05, 0.1) is 10.2 Å². The Hall–Kier alpha value is -3.26. The van der Waals surface area contributed by atoms with E-state index < -0.39 is 6.61 Å². The second kappa shape index (κ2) is 8.00. The number of fused-ring (bicyclic) bond motifs is 1. The highest BCUT2D eigenvalue weighted by atomic mass is 32.1. The average Bonchev–Trinajstić information content (AvgIpc) is 3.35. The predicted molar refractivity (Wildman–Crippen MR) is 106 cm³/mol. The van der Waals surface area contributed by atoms with Gasteiger partial charge >= 0.3 is 6.61 Å². The number of nitrogens with zero attached hydrogens (tertiary/aromatic N) is 2. The van der Waals surface area contributed by atoms with Crippen LogP contribution >= 0.6 is 11.3 Å². The lowest BCUT2D eigenvalue weighted by Crippen LogP contribution is -2.25. The van der Waals surface area contributed by atoms with E-state index in [9.17, 15) is 13.6 Å². The second-order valence-electron chi connectivity index (χ2n) is 6.33. The number of rotatable bonds is 6. The molecule has 5 nitrogen and oxygen atoms in total. The monoisotopic (exact) mass is 414 g/mol. The smallest absolute Gasteiger partial charge is 0.387 e. The quantitative estimate of drug-likeness (QED) is 0.422. The Balaban J connectivity index is 1.45. The lowest BCUT2D eigenvalue weighted by Gasteiger charge is -2.16. The maximum atomic E-state index is 12.7. The first-order valence-electron chi connectivity index (χ1n) is 8.74. The maximum absolute atomic E-state index is 12.7. The van der Waals surface area contributed by atoms with Crippen molar-refractivity contribution in [2.45, 2.75) is 13.2 Å². The van der Waals surface area contributed by atoms with Crippen LogP contribution in [0.1, 0.15) is 16.1 Å². The fraction of sp³-hybridized carbons (Fsp3) is 0.143.